The predicted octanol–water partition coefficient (Wildman–Crippen LogP) is 3.12. The summed E-state index contributed by atoms with van der Waals surface area (Å²) < 4.78 is 0. The number of thiophene rings is 1. The maximum atomic E-state index is 12.5. The number of oxime groups is 1. The van der Waals surface area contributed by atoms with Gasteiger partial charge in [0.15, 0.2) is 5.60 Å². The number of hydrogen-bond donors (Lipinski definition) is 1. The lowest BCUT2D eigenvalue weighted by atomic mass is 9.96. The molecule has 1 N–H and O–H groups in total. The first-order valence-corrected chi connectivity index (χ1v) is 9.60. The van der Waals surface area contributed by atoms with Gasteiger partial charge in [-0.2, -0.15) is 0 Å². The fourth-order valence-corrected chi connectivity index (χ4v) is 4.46. The first kappa shape index (κ1) is 17.2. The summed E-state index contributed by atoms with van der Waals surface area (Å²) in [5.41, 5.74) is 1.60. The molecule has 6 nitrogen and oxygen atoms in total. The van der Waals surface area contributed by atoms with Crippen molar-refractivity contribution in [2.75, 3.05) is 18.4 Å². The standard InChI is InChI=1S/C19H22N4O2S/c1-13-5-6-15(26-13)11-23-9-7-19(12-23)10-17(22-25-19)18(24)21-16-4-3-8-20-14(16)2/h3-6,8H,7,9-12H2,1-2H3,(H,21,24)/t19-/m1/s1. The van der Waals surface area contributed by atoms with Crippen molar-refractivity contribution in [2.45, 2.75) is 38.8 Å². The molecule has 2 aromatic rings. The number of carbonyl (C=O) groups is 1. The van der Waals surface area contributed by atoms with Crippen molar-refractivity contribution in [2.24, 2.45) is 5.16 Å². The van der Waals surface area contributed by atoms with Crippen LogP contribution in [0.4, 0.5) is 5.69 Å². The highest BCUT2D eigenvalue weighted by Gasteiger charge is 2.46. The second-order valence-corrected chi connectivity index (χ2v) is 8.43. The normalized spacial score (nSPS) is 22.5. The number of likely N-dealkylation sites (tertiary alicyclic amines) is 1. The molecular weight excluding hydrogens is 348 g/mol. The highest BCUT2D eigenvalue weighted by atomic mass is 32.1. The van der Waals surface area contributed by atoms with Crippen LogP contribution in [0.3, 0.4) is 0 Å². The average molecular weight is 370 g/mol. The summed E-state index contributed by atoms with van der Waals surface area (Å²) in [5, 5.41) is 6.99. The van der Waals surface area contributed by atoms with Crippen LogP contribution in [0.25, 0.3) is 0 Å². The minimum atomic E-state index is -0.358. The van der Waals surface area contributed by atoms with E-state index < -0.39 is 0 Å². The Morgan fingerprint density at radius 3 is 3.04 bits per heavy atom. The van der Waals surface area contributed by atoms with Crippen LogP contribution in [0.5, 0.6) is 0 Å². The minimum Gasteiger partial charge on any atom is -0.387 e. The van der Waals surface area contributed by atoms with Gasteiger partial charge >= 0.3 is 0 Å². The fourth-order valence-electron chi connectivity index (χ4n) is 3.53. The van der Waals surface area contributed by atoms with Crippen molar-refractivity contribution in [3.63, 3.8) is 0 Å². The monoisotopic (exact) mass is 370 g/mol. The van der Waals surface area contributed by atoms with E-state index in [2.05, 4.69) is 39.4 Å². The smallest absolute Gasteiger partial charge is 0.273 e. The predicted molar refractivity (Wildman–Crippen MR) is 102 cm³/mol. The molecule has 0 aliphatic carbocycles. The Labute approximate surface area is 156 Å². The van der Waals surface area contributed by atoms with Crippen LogP contribution in [-0.2, 0) is 16.2 Å². The van der Waals surface area contributed by atoms with Gasteiger partial charge in [-0.3, -0.25) is 14.7 Å². The molecule has 0 unspecified atom stereocenters. The Balaban J connectivity index is 1.35. The second kappa shape index (κ2) is 6.81. The number of hydrogen-bond acceptors (Lipinski definition) is 6. The van der Waals surface area contributed by atoms with Gasteiger partial charge in [-0.15, -0.1) is 11.3 Å². The van der Waals surface area contributed by atoms with Crippen molar-refractivity contribution in [3.8, 4) is 0 Å². The number of amides is 1. The molecule has 1 saturated heterocycles. The lowest BCUT2D eigenvalue weighted by Crippen LogP contribution is -2.35. The lowest BCUT2D eigenvalue weighted by Gasteiger charge is -2.21. The molecule has 4 rings (SSSR count). The molecule has 1 spiro atoms. The summed E-state index contributed by atoms with van der Waals surface area (Å²) in [7, 11) is 0. The molecule has 26 heavy (non-hydrogen) atoms. The molecule has 2 aliphatic rings. The zero-order valence-corrected chi connectivity index (χ0v) is 15.8. The zero-order chi connectivity index (χ0) is 18.1. The highest BCUT2D eigenvalue weighted by Crippen LogP contribution is 2.35. The molecule has 2 aliphatic heterocycles. The van der Waals surface area contributed by atoms with E-state index in [4.69, 9.17) is 4.84 Å². The Morgan fingerprint density at radius 2 is 2.27 bits per heavy atom. The summed E-state index contributed by atoms with van der Waals surface area (Å²) in [6.07, 6.45) is 3.15. The lowest BCUT2D eigenvalue weighted by molar-refractivity contribution is -0.110. The Bertz CT molecular complexity index is 863. The SMILES string of the molecule is Cc1ccc(CN2CC[C@@]3(CC(C(=O)Nc4cccnc4C)=NO3)C2)s1. The molecule has 7 heteroatoms. The van der Waals surface area contributed by atoms with Crippen LogP contribution in [0.15, 0.2) is 35.6 Å². The van der Waals surface area contributed by atoms with Crippen LogP contribution in [-0.4, -0.2) is 40.2 Å². The third-order valence-electron chi connectivity index (χ3n) is 4.93. The van der Waals surface area contributed by atoms with Gasteiger partial charge in [0.25, 0.3) is 5.91 Å². The zero-order valence-electron chi connectivity index (χ0n) is 15.0. The Morgan fingerprint density at radius 1 is 1.38 bits per heavy atom. The molecule has 136 valence electrons. The van der Waals surface area contributed by atoms with Gasteiger partial charge in [0.1, 0.15) is 5.71 Å². The molecule has 4 heterocycles. The number of carbonyl (C=O) groups excluding carboxylic acids is 1. The Kier molecular flexibility index (Phi) is 4.50. The van der Waals surface area contributed by atoms with Crippen LogP contribution in [0, 0.1) is 13.8 Å². The first-order chi connectivity index (χ1) is 12.5. The molecule has 1 fully saturated rings. The molecule has 0 saturated carbocycles. The van der Waals surface area contributed by atoms with Crippen molar-refractivity contribution < 1.29 is 9.63 Å². The largest absolute Gasteiger partial charge is 0.387 e. The molecule has 1 atom stereocenters. The van der Waals surface area contributed by atoms with Crippen LogP contribution >= 0.6 is 11.3 Å². The quantitative estimate of drug-likeness (QED) is 0.898. The van der Waals surface area contributed by atoms with E-state index in [1.807, 2.05) is 24.3 Å². The maximum Gasteiger partial charge on any atom is 0.273 e. The molecular formula is C19H22N4O2S. The molecule has 0 radical (unpaired) electrons. The van der Waals surface area contributed by atoms with Crippen LogP contribution < -0.4 is 5.32 Å². The molecule has 0 bridgehead atoms. The summed E-state index contributed by atoms with van der Waals surface area (Å²) in [6.45, 7) is 6.69. The molecule has 2 aromatic heterocycles. The highest BCUT2D eigenvalue weighted by molar-refractivity contribution is 7.11. The van der Waals surface area contributed by atoms with Crippen molar-refractivity contribution in [3.05, 3.63) is 45.9 Å². The third kappa shape index (κ3) is 3.50. The van der Waals surface area contributed by atoms with Gasteiger partial charge in [-0.25, -0.2) is 0 Å². The van der Waals surface area contributed by atoms with Gasteiger partial charge in [-0.1, -0.05) is 5.16 Å². The maximum absolute atomic E-state index is 12.5. The number of aryl methyl sites for hydroxylation is 2. The van der Waals surface area contributed by atoms with Gasteiger partial charge in [-0.05, 0) is 38.1 Å². The fraction of sp³-hybridized carbons (Fsp3) is 0.421. The number of aromatic nitrogens is 1. The van der Waals surface area contributed by atoms with E-state index in [1.54, 1.807) is 12.3 Å². The molecule has 1 amide bonds. The topological polar surface area (TPSA) is 66.8 Å². The number of nitrogens with one attached hydrogen (secondary N) is 1. The van der Waals surface area contributed by atoms with Crippen LogP contribution in [0.2, 0.25) is 0 Å². The van der Waals surface area contributed by atoms with Crippen molar-refractivity contribution in [1.29, 1.82) is 0 Å². The number of anilines is 1. The summed E-state index contributed by atoms with van der Waals surface area (Å²) in [4.78, 5) is 27.5. The van der Waals surface area contributed by atoms with E-state index in [0.717, 1.165) is 31.7 Å². The van der Waals surface area contributed by atoms with Crippen molar-refractivity contribution in [1.82, 2.24) is 9.88 Å². The minimum absolute atomic E-state index is 0.203. The summed E-state index contributed by atoms with van der Waals surface area (Å²) in [5.74, 6) is -0.203. The van der Waals surface area contributed by atoms with E-state index >= 15 is 0 Å². The van der Waals surface area contributed by atoms with Gasteiger partial charge < -0.3 is 10.2 Å². The third-order valence-corrected chi connectivity index (χ3v) is 5.91. The van der Waals surface area contributed by atoms with Gasteiger partial charge in [0.05, 0.1) is 11.4 Å². The number of nitrogens with zero attached hydrogens (tertiary/aromatic N) is 3. The van der Waals surface area contributed by atoms with E-state index in [-0.39, 0.29) is 11.5 Å². The number of rotatable bonds is 4. The summed E-state index contributed by atoms with van der Waals surface area (Å²) >= 11 is 1.83. The van der Waals surface area contributed by atoms with Gasteiger partial charge in [0.2, 0.25) is 0 Å². The Hall–Kier alpha value is -2.25. The van der Waals surface area contributed by atoms with E-state index in [1.165, 1.54) is 9.75 Å². The van der Waals surface area contributed by atoms with Gasteiger partial charge in [0, 0.05) is 48.4 Å². The molecule has 0 aromatic carbocycles. The number of pyridine rings is 1. The first-order valence-electron chi connectivity index (χ1n) is 8.79. The second-order valence-electron chi connectivity index (χ2n) is 7.05. The summed E-state index contributed by atoms with van der Waals surface area (Å²) in [6, 6.07) is 7.99. The van der Waals surface area contributed by atoms with Crippen molar-refractivity contribution >= 4 is 28.6 Å². The van der Waals surface area contributed by atoms with E-state index in [9.17, 15) is 4.79 Å². The average Bonchev–Trinajstić information content (AvgIpc) is 3.32. The van der Waals surface area contributed by atoms with Crippen LogP contribution in [0.1, 0.15) is 28.3 Å². The van der Waals surface area contributed by atoms with E-state index in [0.29, 0.717) is 17.8 Å².